The van der Waals surface area contributed by atoms with Gasteiger partial charge in [0.25, 0.3) is 11.8 Å². The fraction of sp³-hybridized carbons (Fsp3) is 0.320. The number of nitrogens with zero attached hydrogens (tertiary/aromatic N) is 2. The molecule has 0 aliphatic carbocycles. The Kier molecular flexibility index (Phi) is 9.34. The Balaban J connectivity index is 1.52. The van der Waals surface area contributed by atoms with Crippen molar-refractivity contribution >= 4 is 23.4 Å². The molecule has 0 unspecified atom stereocenters. The van der Waals surface area contributed by atoms with E-state index >= 15 is 0 Å². The molecule has 2 aromatic rings. The molecule has 1 heterocycles. The quantitative estimate of drug-likeness (QED) is 0.212. The first-order valence-electron chi connectivity index (χ1n) is 11.3. The number of hydroxylamine groups is 1. The SMILES string of the molecule is CN1CCN(CC(=O)Nc2ccc(C#Cc3ccc(C(=O)N[C@@H](CN)C(=O)NO)cc3)cc2)CC1. The fourth-order valence-corrected chi connectivity index (χ4v) is 3.45. The maximum Gasteiger partial charge on any atom is 0.267 e. The van der Waals surface area contributed by atoms with E-state index in [-0.39, 0.29) is 12.5 Å². The Labute approximate surface area is 204 Å². The zero-order chi connectivity index (χ0) is 25.2. The van der Waals surface area contributed by atoms with E-state index in [4.69, 9.17) is 10.9 Å². The second-order valence-electron chi connectivity index (χ2n) is 8.27. The number of hydrogen-bond acceptors (Lipinski definition) is 7. The number of likely N-dealkylation sites (N-methyl/N-ethyl adjacent to an activating group) is 1. The number of anilines is 1. The third-order valence-corrected chi connectivity index (χ3v) is 5.60. The number of amides is 3. The van der Waals surface area contributed by atoms with Gasteiger partial charge in [0, 0.05) is 55.1 Å². The van der Waals surface area contributed by atoms with Crippen LogP contribution in [-0.4, -0.2) is 85.1 Å². The van der Waals surface area contributed by atoms with Crippen LogP contribution in [0.5, 0.6) is 0 Å². The molecule has 3 amide bonds. The van der Waals surface area contributed by atoms with Gasteiger partial charge < -0.3 is 21.3 Å². The number of piperazine rings is 1. The molecule has 1 saturated heterocycles. The Hall–Kier alpha value is -3.75. The van der Waals surface area contributed by atoms with Crippen molar-refractivity contribution in [1.29, 1.82) is 0 Å². The minimum atomic E-state index is -1.04. The minimum absolute atomic E-state index is 0.0349. The highest BCUT2D eigenvalue weighted by Gasteiger charge is 2.19. The van der Waals surface area contributed by atoms with Gasteiger partial charge in [-0.25, -0.2) is 5.48 Å². The second-order valence-corrected chi connectivity index (χ2v) is 8.27. The maximum atomic E-state index is 12.3. The van der Waals surface area contributed by atoms with Crippen molar-refractivity contribution < 1.29 is 19.6 Å². The summed E-state index contributed by atoms with van der Waals surface area (Å²) in [5.41, 5.74) is 9.44. The summed E-state index contributed by atoms with van der Waals surface area (Å²) >= 11 is 0. The van der Waals surface area contributed by atoms with Crippen molar-refractivity contribution in [3.8, 4) is 11.8 Å². The van der Waals surface area contributed by atoms with Crippen LogP contribution in [0.15, 0.2) is 48.5 Å². The Morgan fingerprint density at radius 3 is 2.09 bits per heavy atom. The smallest absolute Gasteiger partial charge is 0.267 e. The molecule has 35 heavy (non-hydrogen) atoms. The molecule has 1 aliphatic rings. The number of carbonyl (C=O) groups excluding carboxylic acids is 3. The summed E-state index contributed by atoms with van der Waals surface area (Å²) < 4.78 is 0. The largest absolute Gasteiger partial charge is 0.339 e. The van der Waals surface area contributed by atoms with Crippen LogP contribution < -0.4 is 21.8 Å². The molecule has 1 aliphatic heterocycles. The average Bonchev–Trinajstić information content (AvgIpc) is 2.88. The maximum absolute atomic E-state index is 12.3. The summed E-state index contributed by atoms with van der Waals surface area (Å²) in [6, 6.07) is 12.8. The van der Waals surface area contributed by atoms with Crippen LogP contribution in [0.1, 0.15) is 21.5 Å². The van der Waals surface area contributed by atoms with Crippen LogP contribution in [-0.2, 0) is 9.59 Å². The number of nitrogens with two attached hydrogens (primary N) is 1. The predicted molar refractivity (Wildman–Crippen MR) is 132 cm³/mol. The Bertz CT molecular complexity index is 1080. The minimum Gasteiger partial charge on any atom is -0.339 e. The monoisotopic (exact) mass is 478 g/mol. The highest BCUT2D eigenvalue weighted by molar-refractivity contribution is 5.97. The molecular formula is C25H30N6O4. The van der Waals surface area contributed by atoms with Crippen LogP contribution in [0.2, 0.25) is 0 Å². The molecule has 10 heteroatoms. The highest BCUT2D eigenvalue weighted by Crippen LogP contribution is 2.10. The molecule has 1 atom stereocenters. The van der Waals surface area contributed by atoms with E-state index in [0.717, 1.165) is 37.4 Å². The first kappa shape index (κ1) is 25.9. The third-order valence-electron chi connectivity index (χ3n) is 5.60. The first-order chi connectivity index (χ1) is 16.9. The zero-order valence-corrected chi connectivity index (χ0v) is 19.6. The van der Waals surface area contributed by atoms with Gasteiger partial charge in [0.1, 0.15) is 6.04 Å². The molecule has 0 spiro atoms. The molecule has 2 aromatic carbocycles. The molecule has 3 rings (SSSR count). The molecule has 0 aromatic heterocycles. The van der Waals surface area contributed by atoms with Gasteiger partial charge >= 0.3 is 0 Å². The first-order valence-corrected chi connectivity index (χ1v) is 11.3. The standard InChI is InChI=1S/C25H30N6O4/c1-30-12-14-31(15-13-30)17-23(32)27-21-10-6-19(7-11-21)3-2-18-4-8-20(9-5-18)24(33)28-22(16-26)25(34)29-35/h4-11,22,35H,12-17,26H2,1H3,(H,27,32)(H,28,33)(H,29,34)/t22-/m0/s1. The number of benzene rings is 2. The van der Waals surface area contributed by atoms with Crippen molar-refractivity contribution in [2.75, 3.05) is 51.6 Å². The lowest BCUT2D eigenvalue weighted by Gasteiger charge is -2.31. The van der Waals surface area contributed by atoms with E-state index < -0.39 is 17.9 Å². The number of nitrogens with one attached hydrogen (secondary N) is 3. The van der Waals surface area contributed by atoms with E-state index in [0.29, 0.717) is 17.7 Å². The lowest BCUT2D eigenvalue weighted by atomic mass is 10.1. The summed E-state index contributed by atoms with van der Waals surface area (Å²) in [6.45, 7) is 3.94. The summed E-state index contributed by atoms with van der Waals surface area (Å²) in [5.74, 6) is 4.76. The van der Waals surface area contributed by atoms with Gasteiger partial charge in [-0.2, -0.15) is 0 Å². The lowest BCUT2D eigenvalue weighted by Crippen LogP contribution is -2.50. The molecule has 184 valence electrons. The second kappa shape index (κ2) is 12.6. The summed E-state index contributed by atoms with van der Waals surface area (Å²) in [7, 11) is 2.08. The molecule has 0 bridgehead atoms. The van der Waals surface area contributed by atoms with Crippen LogP contribution >= 0.6 is 0 Å². The van der Waals surface area contributed by atoms with Crippen LogP contribution in [0.4, 0.5) is 5.69 Å². The van der Waals surface area contributed by atoms with Crippen molar-refractivity contribution in [2.24, 2.45) is 5.73 Å². The molecule has 6 N–H and O–H groups in total. The van der Waals surface area contributed by atoms with E-state index in [2.05, 4.69) is 39.3 Å². The zero-order valence-electron chi connectivity index (χ0n) is 19.6. The predicted octanol–water partition coefficient (Wildman–Crippen LogP) is -0.165. The van der Waals surface area contributed by atoms with Crippen LogP contribution in [0, 0.1) is 11.8 Å². The van der Waals surface area contributed by atoms with Gasteiger partial charge in [-0.1, -0.05) is 11.8 Å². The van der Waals surface area contributed by atoms with E-state index in [9.17, 15) is 14.4 Å². The molecule has 0 radical (unpaired) electrons. The third kappa shape index (κ3) is 7.91. The molecule has 0 saturated carbocycles. The molecular weight excluding hydrogens is 448 g/mol. The van der Waals surface area contributed by atoms with Crippen molar-refractivity contribution in [3.63, 3.8) is 0 Å². The van der Waals surface area contributed by atoms with Crippen LogP contribution in [0.25, 0.3) is 0 Å². The van der Waals surface area contributed by atoms with E-state index in [1.165, 1.54) is 5.48 Å². The normalized spacial score (nSPS) is 14.8. The number of rotatable bonds is 7. The van der Waals surface area contributed by atoms with E-state index in [1.54, 1.807) is 24.3 Å². The van der Waals surface area contributed by atoms with Gasteiger partial charge in [-0.3, -0.25) is 24.5 Å². The van der Waals surface area contributed by atoms with Crippen molar-refractivity contribution in [3.05, 3.63) is 65.2 Å². The Morgan fingerprint density at radius 1 is 0.971 bits per heavy atom. The van der Waals surface area contributed by atoms with Gasteiger partial charge in [-0.05, 0) is 55.6 Å². The summed E-state index contributed by atoms with van der Waals surface area (Å²) in [4.78, 5) is 40.4. The average molecular weight is 479 g/mol. The lowest BCUT2D eigenvalue weighted by molar-refractivity contribution is -0.130. The van der Waals surface area contributed by atoms with Gasteiger partial charge in [0.05, 0.1) is 6.54 Å². The molecule has 1 fully saturated rings. The highest BCUT2D eigenvalue weighted by atomic mass is 16.5. The summed E-state index contributed by atoms with van der Waals surface area (Å²) in [5, 5.41) is 14.1. The fourth-order valence-electron chi connectivity index (χ4n) is 3.45. The van der Waals surface area contributed by atoms with Gasteiger partial charge in [0.15, 0.2) is 0 Å². The topological polar surface area (TPSA) is 140 Å². The molecule has 10 nitrogen and oxygen atoms in total. The number of hydrogen-bond donors (Lipinski definition) is 5. The van der Waals surface area contributed by atoms with E-state index in [1.807, 2.05) is 24.3 Å². The number of carbonyl (C=O) groups is 3. The van der Waals surface area contributed by atoms with Crippen molar-refractivity contribution in [1.82, 2.24) is 20.6 Å². The van der Waals surface area contributed by atoms with Crippen molar-refractivity contribution in [2.45, 2.75) is 6.04 Å². The van der Waals surface area contributed by atoms with Gasteiger partial charge in [0.2, 0.25) is 5.91 Å². The summed E-state index contributed by atoms with van der Waals surface area (Å²) in [6.07, 6.45) is 0. The Morgan fingerprint density at radius 2 is 1.54 bits per heavy atom. The van der Waals surface area contributed by atoms with Crippen LogP contribution in [0.3, 0.4) is 0 Å². The van der Waals surface area contributed by atoms with Gasteiger partial charge in [-0.15, -0.1) is 0 Å².